The van der Waals surface area contributed by atoms with Gasteiger partial charge in [0, 0.05) is 25.7 Å². The second kappa shape index (κ2) is 15.4. The van der Waals surface area contributed by atoms with Gasteiger partial charge in [-0.1, -0.05) is 41.5 Å². The molecule has 0 aromatic heterocycles. The molecule has 0 bridgehead atoms. The van der Waals surface area contributed by atoms with E-state index in [-0.39, 0.29) is 37.7 Å². The van der Waals surface area contributed by atoms with E-state index in [1.165, 1.54) is 0 Å². The molecule has 0 saturated carbocycles. The fraction of sp³-hybridized carbons (Fsp3) is 0.742. The summed E-state index contributed by atoms with van der Waals surface area (Å²) in [7, 11) is 0. The molecule has 2 fully saturated rings. The van der Waals surface area contributed by atoms with Crippen LogP contribution in [0.1, 0.15) is 107 Å². The van der Waals surface area contributed by atoms with Gasteiger partial charge in [-0.15, -0.1) is 10.1 Å². The van der Waals surface area contributed by atoms with Gasteiger partial charge >= 0.3 is 23.9 Å². The third-order valence-corrected chi connectivity index (χ3v) is 7.76. The predicted molar refractivity (Wildman–Crippen MR) is 154 cm³/mol. The van der Waals surface area contributed by atoms with Gasteiger partial charge in [0.2, 0.25) is 0 Å². The third-order valence-electron chi connectivity index (χ3n) is 7.76. The Morgan fingerprint density at radius 1 is 0.622 bits per heavy atom. The van der Waals surface area contributed by atoms with Crippen molar-refractivity contribution in [3.05, 3.63) is 0 Å². The van der Waals surface area contributed by atoms with Gasteiger partial charge in [-0.05, 0) is 56.8 Å². The summed E-state index contributed by atoms with van der Waals surface area (Å²) in [5.74, 6) is -9.91. The van der Waals surface area contributed by atoms with E-state index in [1.54, 1.807) is 41.5 Å². The number of carbonyl (C=O) groups is 8. The van der Waals surface area contributed by atoms with Gasteiger partial charge in [-0.3, -0.25) is 28.8 Å². The number of rotatable bonds is 16. The largest absolute Gasteiger partial charge is 0.465 e. The minimum atomic E-state index is -1.33. The molecule has 2 atom stereocenters. The van der Waals surface area contributed by atoms with Crippen molar-refractivity contribution in [3.63, 3.8) is 0 Å². The molecule has 0 N–H and O–H groups in total. The molecular weight excluding hydrogens is 592 g/mol. The Bertz CT molecular complexity index is 1160. The Kier molecular flexibility index (Phi) is 12.8. The lowest BCUT2D eigenvalue weighted by Gasteiger charge is -2.30. The molecule has 2 unspecified atom stereocenters. The zero-order valence-electron chi connectivity index (χ0n) is 27.5. The molecule has 14 heteroatoms. The Hall–Kier alpha value is -3.84. The molecule has 2 saturated heterocycles. The van der Waals surface area contributed by atoms with E-state index < -0.39 is 76.8 Å². The summed E-state index contributed by atoms with van der Waals surface area (Å²) in [5.41, 5.74) is -1.25. The fourth-order valence-electron chi connectivity index (χ4n) is 4.91. The first-order valence-electron chi connectivity index (χ1n) is 15.3. The van der Waals surface area contributed by atoms with Gasteiger partial charge in [0.25, 0.3) is 23.6 Å². The van der Waals surface area contributed by atoms with Crippen molar-refractivity contribution in [1.29, 1.82) is 0 Å². The van der Waals surface area contributed by atoms with E-state index in [4.69, 9.17) is 19.1 Å². The van der Waals surface area contributed by atoms with Gasteiger partial charge in [0.05, 0.1) is 6.61 Å². The number of carbonyl (C=O) groups excluding carboxylic acids is 8. The predicted octanol–water partition coefficient (Wildman–Crippen LogP) is 3.20. The number of nitrogens with zero attached hydrogens (tertiary/aromatic N) is 2. The number of hydrogen-bond donors (Lipinski definition) is 0. The average Bonchev–Trinajstić information content (AvgIpc) is 3.37. The lowest BCUT2D eigenvalue weighted by atomic mass is 9.82. The molecule has 2 aliphatic heterocycles. The Labute approximate surface area is 263 Å². The molecule has 0 radical (unpaired) electrons. The van der Waals surface area contributed by atoms with Crippen molar-refractivity contribution >= 4 is 47.5 Å². The van der Waals surface area contributed by atoms with Crippen LogP contribution in [0, 0.1) is 29.1 Å². The topological polar surface area (TPSA) is 180 Å². The molecule has 0 aliphatic carbocycles. The number of hydroxylamine groups is 4. The van der Waals surface area contributed by atoms with Gasteiger partial charge in [0.15, 0.2) is 11.8 Å². The van der Waals surface area contributed by atoms with Crippen molar-refractivity contribution in [2.75, 3.05) is 6.61 Å². The van der Waals surface area contributed by atoms with Gasteiger partial charge in [-0.2, -0.15) is 0 Å². The lowest BCUT2D eigenvalue weighted by Crippen LogP contribution is -2.41. The molecule has 0 aromatic rings. The van der Waals surface area contributed by atoms with Gasteiger partial charge in [0.1, 0.15) is 5.60 Å². The molecule has 252 valence electrons. The van der Waals surface area contributed by atoms with E-state index in [0.717, 1.165) is 0 Å². The standard InChI is InChI=1S/C31H46N2O12/c1-18(2)24(28(40)44-32-20(34)10-11-21(32)35)26(38)42-17-16-30(5,6)14-9-15-31(7,8)43-27(39)25(19(3)4)29(41)45-33-22(36)12-13-23(33)37/h18-19,24-25H,9-17H2,1-8H3. The van der Waals surface area contributed by atoms with Crippen LogP contribution in [-0.2, 0) is 57.5 Å². The van der Waals surface area contributed by atoms with Gasteiger partial charge in [-0.25, -0.2) is 9.59 Å². The molecule has 2 rings (SSSR count). The van der Waals surface area contributed by atoms with Crippen LogP contribution in [0.4, 0.5) is 0 Å². The minimum Gasteiger partial charge on any atom is -0.465 e. The van der Waals surface area contributed by atoms with E-state index in [2.05, 4.69) is 0 Å². The summed E-state index contributed by atoms with van der Waals surface area (Å²) in [6.45, 7) is 13.9. The van der Waals surface area contributed by atoms with Crippen LogP contribution in [0.15, 0.2) is 0 Å². The molecule has 0 spiro atoms. The first-order chi connectivity index (χ1) is 20.8. The van der Waals surface area contributed by atoms with E-state index in [9.17, 15) is 38.4 Å². The normalized spacial score (nSPS) is 17.2. The van der Waals surface area contributed by atoms with E-state index in [1.807, 2.05) is 13.8 Å². The first kappa shape index (κ1) is 37.3. The second-order valence-corrected chi connectivity index (χ2v) is 13.5. The van der Waals surface area contributed by atoms with Crippen LogP contribution in [-0.4, -0.2) is 69.8 Å². The first-order valence-corrected chi connectivity index (χ1v) is 15.3. The molecule has 2 aliphatic rings. The number of imide groups is 2. The maximum Gasteiger partial charge on any atom is 0.347 e. The highest BCUT2D eigenvalue weighted by molar-refractivity contribution is 6.04. The van der Waals surface area contributed by atoms with Crippen LogP contribution >= 0.6 is 0 Å². The molecular formula is C31H46N2O12. The highest BCUT2D eigenvalue weighted by Gasteiger charge is 2.42. The second-order valence-electron chi connectivity index (χ2n) is 13.5. The molecule has 14 nitrogen and oxygen atoms in total. The van der Waals surface area contributed by atoms with E-state index >= 15 is 0 Å². The Morgan fingerprint density at radius 2 is 1.02 bits per heavy atom. The van der Waals surface area contributed by atoms with Crippen molar-refractivity contribution in [2.24, 2.45) is 29.1 Å². The SMILES string of the molecule is CC(C)C(C(=O)OCCC(C)(C)CCCC(C)(C)OC(=O)C(C(=O)ON1C(=O)CCC1=O)C(C)C)C(=O)ON1C(=O)CCC1=O. The highest BCUT2D eigenvalue weighted by Crippen LogP contribution is 2.31. The monoisotopic (exact) mass is 638 g/mol. The van der Waals surface area contributed by atoms with Gasteiger partial charge < -0.3 is 19.1 Å². The summed E-state index contributed by atoms with van der Waals surface area (Å²) in [6.07, 6.45) is 1.94. The Morgan fingerprint density at radius 3 is 1.42 bits per heavy atom. The summed E-state index contributed by atoms with van der Waals surface area (Å²) >= 11 is 0. The lowest BCUT2D eigenvalue weighted by molar-refractivity contribution is -0.205. The minimum absolute atomic E-state index is 0.0164. The maximum absolute atomic E-state index is 13.0. The maximum atomic E-state index is 13.0. The van der Waals surface area contributed by atoms with Crippen molar-refractivity contribution < 1.29 is 57.5 Å². The molecule has 0 aromatic carbocycles. The van der Waals surface area contributed by atoms with E-state index in [0.29, 0.717) is 35.8 Å². The van der Waals surface area contributed by atoms with Crippen LogP contribution in [0.3, 0.4) is 0 Å². The van der Waals surface area contributed by atoms with Crippen LogP contribution in [0.2, 0.25) is 0 Å². The van der Waals surface area contributed by atoms with Crippen molar-refractivity contribution in [3.8, 4) is 0 Å². The van der Waals surface area contributed by atoms with Crippen molar-refractivity contribution in [1.82, 2.24) is 10.1 Å². The molecule has 4 amide bonds. The fourth-order valence-corrected chi connectivity index (χ4v) is 4.91. The highest BCUT2D eigenvalue weighted by atomic mass is 16.7. The van der Waals surface area contributed by atoms with Crippen molar-refractivity contribution in [2.45, 2.75) is 112 Å². The summed E-state index contributed by atoms with van der Waals surface area (Å²) in [5, 5.41) is 0.809. The van der Waals surface area contributed by atoms with Crippen LogP contribution in [0.5, 0.6) is 0 Å². The number of esters is 2. The number of amides is 4. The summed E-state index contributed by atoms with van der Waals surface area (Å²) in [4.78, 5) is 108. The summed E-state index contributed by atoms with van der Waals surface area (Å²) in [6, 6.07) is 0. The summed E-state index contributed by atoms with van der Waals surface area (Å²) < 4.78 is 11.1. The number of ether oxygens (including phenoxy) is 2. The average molecular weight is 639 g/mol. The van der Waals surface area contributed by atoms with Crippen LogP contribution < -0.4 is 0 Å². The Balaban J connectivity index is 1.84. The molecule has 45 heavy (non-hydrogen) atoms. The number of hydrogen-bond acceptors (Lipinski definition) is 12. The third kappa shape index (κ3) is 10.6. The zero-order chi connectivity index (χ0) is 34.3. The molecule has 2 heterocycles. The smallest absolute Gasteiger partial charge is 0.347 e. The quantitative estimate of drug-likeness (QED) is 0.137. The zero-order valence-corrected chi connectivity index (χ0v) is 27.5. The van der Waals surface area contributed by atoms with Crippen LogP contribution in [0.25, 0.3) is 0 Å².